The number of phenolic OH excluding ortho intramolecular Hbond substituents is 1. The van der Waals surface area contributed by atoms with Crippen molar-refractivity contribution in [2.24, 2.45) is 0 Å². The maximum absolute atomic E-state index is 10.2. The summed E-state index contributed by atoms with van der Waals surface area (Å²) in [4.78, 5) is 0. The van der Waals surface area contributed by atoms with E-state index in [0.717, 1.165) is 36.9 Å². The molecule has 0 unspecified atom stereocenters. The second kappa shape index (κ2) is 8.42. The molecule has 1 aliphatic rings. The predicted octanol–water partition coefficient (Wildman–Crippen LogP) is 3.05. The average molecular weight is 386 g/mol. The summed E-state index contributed by atoms with van der Waals surface area (Å²) in [5.74, 6) is 2.59. The molecule has 2 aromatic carbocycles. The molecular formula is C22H28NO5+. The highest BCUT2D eigenvalue weighted by molar-refractivity contribution is 5.99. The topological polar surface area (TPSA) is 60.2 Å². The molecule has 0 atom stereocenters. The highest BCUT2D eigenvalue weighted by atomic mass is 16.5. The van der Waals surface area contributed by atoms with Crippen LogP contribution in [-0.4, -0.2) is 57.4 Å². The summed E-state index contributed by atoms with van der Waals surface area (Å²) in [6.07, 6.45) is 2.56. The van der Waals surface area contributed by atoms with E-state index >= 15 is 0 Å². The van der Waals surface area contributed by atoms with Gasteiger partial charge in [0.15, 0.2) is 28.7 Å². The normalized spacial score (nSPS) is 13.2. The Hall–Kier alpha value is -2.89. The van der Waals surface area contributed by atoms with Gasteiger partial charge in [0.25, 0.3) is 0 Å². The van der Waals surface area contributed by atoms with Gasteiger partial charge in [-0.15, -0.1) is 0 Å². The number of nitrogens with zero attached hydrogens (tertiary/aromatic N) is 1. The molecule has 0 saturated heterocycles. The standard InChI is InChI=1S/C22H27NO5/c1-23-9-8-15-12-19(25-2)18(24)13-16(15)17(23)7-6-14-10-20(26-3)22(28-5)21(11-14)27-4/h10-13H,6-9H2,1-5H3/p+1. The summed E-state index contributed by atoms with van der Waals surface area (Å²) in [6, 6.07) is 7.72. The number of aryl methyl sites for hydroxylation is 1. The summed E-state index contributed by atoms with van der Waals surface area (Å²) in [5.41, 5.74) is 4.58. The van der Waals surface area contributed by atoms with E-state index in [-0.39, 0.29) is 5.75 Å². The molecule has 0 spiro atoms. The molecule has 2 aromatic rings. The molecule has 0 fully saturated rings. The van der Waals surface area contributed by atoms with Crippen LogP contribution in [0.3, 0.4) is 0 Å². The van der Waals surface area contributed by atoms with Gasteiger partial charge < -0.3 is 24.1 Å². The monoisotopic (exact) mass is 386 g/mol. The third-order valence-electron chi connectivity index (χ3n) is 5.27. The molecule has 1 heterocycles. The summed E-state index contributed by atoms with van der Waals surface area (Å²) < 4.78 is 23.8. The Bertz CT molecular complexity index is 879. The number of benzene rings is 2. The number of likely N-dealkylation sites (N-methyl/N-ethyl adjacent to an activating group) is 1. The van der Waals surface area contributed by atoms with Gasteiger partial charge in [-0.25, -0.2) is 4.58 Å². The lowest BCUT2D eigenvalue weighted by Crippen LogP contribution is -2.27. The van der Waals surface area contributed by atoms with E-state index in [1.165, 1.54) is 11.3 Å². The molecular weight excluding hydrogens is 358 g/mol. The Morgan fingerprint density at radius 2 is 1.50 bits per heavy atom. The van der Waals surface area contributed by atoms with E-state index in [4.69, 9.17) is 18.9 Å². The summed E-state index contributed by atoms with van der Waals surface area (Å²) in [5, 5.41) is 10.2. The number of aromatic hydroxyl groups is 1. The SMILES string of the molecule is COc1cc2c(cc1O)C(CCc1cc(OC)c(OC)c(OC)c1)=[N+](C)CC2. The fourth-order valence-electron chi connectivity index (χ4n) is 3.75. The van der Waals surface area contributed by atoms with Crippen LogP contribution in [-0.2, 0) is 12.8 Å². The lowest BCUT2D eigenvalue weighted by molar-refractivity contribution is -0.499. The molecule has 1 aliphatic heterocycles. The minimum atomic E-state index is 0.168. The first-order chi connectivity index (χ1) is 13.5. The first-order valence-corrected chi connectivity index (χ1v) is 9.28. The van der Waals surface area contributed by atoms with Crippen molar-refractivity contribution in [3.8, 4) is 28.7 Å². The summed E-state index contributed by atoms with van der Waals surface area (Å²) in [7, 11) is 8.51. The third kappa shape index (κ3) is 3.72. The van der Waals surface area contributed by atoms with Gasteiger partial charge in [0.1, 0.15) is 13.6 Å². The summed E-state index contributed by atoms with van der Waals surface area (Å²) in [6.45, 7) is 0.936. The Morgan fingerprint density at radius 3 is 2.07 bits per heavy atom. The van der Waals surface area contributed by atoms with Crippen molar-refractivity contribution < 1.29 is 28.6 Å². The highest BCUT2D eigenvalue weighted by Crippen LogP contribution is 2.39. The van der Waals surface area contributed by atoms with Crippen LogP contribution in [0.25, 0.3) is 0 Å². The van der Waals surface area contributed by atoms with Crippen molar-refractivity contribution >= 4 is 5.71 Å². The van der Waals surface area contributed by atoms with Crippen molar-refractivity contribution in [2.45, 2.75) is 19.3 Å². The van der Waals surface area contributed by atoms with Gasteiger partial charge in [-0.05, 0) is 41.8 Å². The molecule has 0 aromatic heterocycles. The fourth-order valence-corrected chi connectivity index (χ4v) is 3.75. The van der Waals surface area contributed by atoms with Crippen LogP contribution in [0.2, 0.25) is 0 Å². The van der Waals surface area contributed by atoms with E-state index < -0.39 is 0 Å². The van der Waals surface area contributed by atoms with Gasteiger partial charge in [0.2, 0.25) is 5.75 Å². The molecule has 0 radical (unpaired) electrons. The Kier molecular flexibility index (Phi) is 5.97. The predicted molar refractivity (Wildman–Crippen MR) is 108 cm³/mol. The van der Waals surface area contributed by atoms with E-state index in [0.29, 0.717) is 23.0 Å². The smallest absolute Gasteiger partial charge is 0.203 e. The minimum absolute atomic E-state index is 0.168. The van der Waals surface area contributed by atoms with Crippen LogP contribution in [0, 0.1) is 0 Å². The number of phenols is 1. The largest absolute Gasteiger partial charge is 0.504 e. The second-order valence-electron chi connectivity index (χ2n) is 6.83. The molecule has 0 saturated carbocycles. The summed E-state index contributed by atoms with van der Waals surface area (Å²) >= 11 is 0. The third-order valence-corrected chi connectivity index (χ3v) is 5.27. The van der Waals surface area contributed by atoms with Gasteiger partial charge in [0, 0.05) is 18.4 Å². The van der Waals surface area contributed by atoms with Crippen molar-refractivity contribution in [1.82, 2.24) is 0 Å². The number of ether oxygens (including phenoxy) is 4. The van der Waals surface area contributed by atoms with Crippen molar-refractivity contribution in [3.63, 3.8) is 0 Å². The van der Waals surface area contributed by atoms with Crippen LogP contribution in [0.5, 0.6) is 28.7 Å². The van der Waals surface area contributed by atoms with E-state index in [2.05, 4.69) is 11.6 Å². The quantitative estimate of drug-likeness (QED) is 0.741. The van der Waals surface area contributed by atoms with E-state index in [1.54, 1.807) is 28.4 Å². The van der Waals surface area contributed by atoms with Crippen LogP contribution in [0.15, 0.2) is 24.3 Å². The second-order valence-corrected chi connectivity index (χ2v) is 6.83. The van der Waals surface area contributed by atoms with Gasteiger partial charge >= 0.3 is 0 Å². The molecule has 0 amide bonds. The molecule has 0 bridgehead atoms. The fraction of sp³-hybridized carbons (Fsp3) is 0.409. The molecule has 6 nitrogen and oxygen atoms in total. The average Bonchev–Trinajstić information content (AvgIpc) is 2.71. The zero-order chi connectivity index (χ0) is 20.3. The molecule has 150 valence electrons. The number of hydrogen-bond acceptors (Lipinski definition) is 5. The first-order valence-electron chi connectivity index (χ1n) is 9.28. The molecule has 28 heavy (non-hydrogen) atoms. The zero-order valence-corrected chi connectivity index (χ0v) is 17.2. The Labute approximate surface area is 165 Å². The molecule has 3 rings (SSSR count). The molecule has 6 heteroatoms. The zero-order valence-electron chi connectivity index (χ0n) is 17.2. The highest BCUT2D eigenvalue weighted by Gasteiger charge is 2.25. The van der Waals surface area contributed by atoms with Crippen molar-refractivity contribution in [1.29, 1.82) is 0 Å². The number of rotatable bonds is 7. The van der Waals surface area contributed by atoms with Crippen LogP contribution in [0.4, 0.5) is 0 Å². The Morgan fingerprint density at radius 1 is 0.857 bits per heavy atom. The van der Waals surface area contributed by atoms with E-state index in [9.17, 15) is 5.11 Å². The maximum atomic E-state index is 10.2. The van der Waals surface area contributed by atoms with E-state index in [1.807, 2.05) is 24.3 Å². The maximum Gasteiger partial charge on any atom is 0.203 e. The van der Waals surface area contributed by atoms with Gasteiger partial charge in [0.05, 0.1) is 28.4 Å². The molecule has 0 aliphatic carbocycles. The van der Waals surface area contributed by atoms with Crippen LogP contribution >= 0.6 is 0 Å². The van der Waals surface area contributed by atoms with Crippen LogP contribution < -0.4 is 18.9 Å². The van der Waals surface area contributed by atoms with Gasteiger partial charge in [-0.3, -0.25) is 0 Å². The first kappa shape index (κ1) is 19.9. The number of methoxy groups -OCH3 is 4. The number of fused-ring (bicyclic) bond motifs is 1. The van der Waals surface area contributed by atoms with Gasteiger partial charge in [-0.1, -0.05) is 0 Å². The lowest BCUT2D eigenvalue weighted by atomic mass is 9.92. The van der Waals surface area contributed by atoms with Crippen LogP contribution in [0.1, 0.15) is 23.1 Å². The minimum Gasteiger partial charge on any atom is -0.504 e. The van der Waals surface area contributed by atoms with Crippen molar-refractivity contribution in [2.75, 3.05) is 42.0 Å². The van der Waals surface area contributed by atoms with Gasteiger partial charge in [-0.2, -0.15) is 0 Å². The lowest BCUT2D eigenvalue weighted by Gasteiger charge is -2.19. The molecule has 1 N–H and O–H groups in total. The number of hydrogen-bond donors (Lipinski definition) is 1. The van der Waals surface area contributed by atoms with Crippen molar-refractivity contribution in [3.05, 3.63) is 41.0 Å². The Balaban J connectivity index is 1.90.